The molecule has 0 atom stereocenters. The van der Waals surface area contributed by atoms with E-state index in [0.29, 0.717) is 33.8 Å². The first-order valence-corrected chi connectivity index (χ1v) is 7.48. The van der Waals surface area contributed by atoms with E-state index in [1.165, 1.54) is 0 Å². The zero-order valence-electron chi connectivity index (χ0n) is 12.9. The van der Waals surface area contributed by atoms with Gasteiger partial charge >= 0.3 is 0 Å². The van der Waals surface area contributed by atoms with Crippen molar-refractivity contribution in [3.63, 3.8) is 0 Å². The standard InChI is InChI=1S/C19H15NO3/c1-9-4-3-5-12-11(9)6-7-13-16(12)18(22)17(21)15-10(2)14(8-20)23-19(13)15/h3-7H,8,20H2,1-2H3. The second-order valence-electron chi connectivity index (χ2n) is 5.87. The van der Waals surface area contributed by atoms with Crippen LogP contribution < -0.4 is 5.73 Å². The average Bonchev–Trinajstić information content (AvgIpc) is 2.89. The SMILES string of the molecule is Cc1c(CN)oc2c1C(=O)C(=O)c1c-2ccc2c(C)cccc12. The summed E-state index contributed by atoms with van der Waals surface area (Å²) in [6.45, 7) is 3.95. The zero-order chi connectivity index (χ0) is 16.3. The van der Waals surface area contributed by atoms with Crippen LogP contribution in [0.15, 0.2) is 34.7 Å². The highest BCUT2D eigenvalue weighted by Gasteiger charge is 2.37. The quantitative estimate of drug-likeness (QED) is 0.698. The molecule has 0 bridgehead atoms. The number of carbonyl (C=O) groups excluding carboxylic acids is 2. The monoisotopic (exact) mass is 305 g/mol. The first-order valence-electron chi connectivity index (χ1n) is 7.48. The van der Waals surface area contributed by atoms with Crippen LogP contribution in [0.25, 0.3) is 22.1 Å². The van der Waals surface area contributed by atoms with Crippen LogP contribution in [0.4, 0.5) is 0 Å². The molecular weight excluding hydrogens is 290 g/mol. The van der Waals surface area contributed by atoms with Gasteiger partial charge in [-0.25, -0.2) is 0 Å². The molecule has 2 aromatic carbocycles. The maximum Gasteiger partial charge on any atom is 0.237 e. The third-order valence-electron chi connectivity index (χ3n) is 4.62. The summed E-state index contributed by atoms with van der Waals surface area (Å²) in [5.74, 6) is 0.0259. The minimum Gasteiger partial charge on any atom is -0.459 e. The lowest BCUT2D eigenvalue weighted by Crippen LogP contribution is -2.21. The number of benzene rings is 2. The number of hydrogen-bond acceptors (Lipinski definition) is 4. The molecule has 4 heteroatoms. The van der Waals surface area contributed by atoms with Crippen molar-refractivity contribution in [1.29, 1.82) is 0 Å². The van der Waals surface area contributed by atoms with E-state index in [4.69, 9.17) is 10.2 Å². The predicted molar refractivity (Wildman–Crippen MR) is 87.7 cm³/mol. The largest absolute Gasteiger partial charge is 0.459 e. The topological polar surface area (TPSA) is 73.3 Å². The van der Waals surface area contributed by atoms with Gasteiger partial charge in [-0.15, -0.1) is 0 Å². The van der Waals surface area contributed by atoms with Gasteiger partial charge in [0, 0.05) is 16.7 Å². The van der Waals surface area contributed by atoms with Crippen molar-refractivity contribution in [2.45, 2.75) is 20.4 Å². The van der Waals surface area contributed by atoms with Crippen molar-refractivity contribution in [1.82, 2.24) is 0 Å². The molecule has 0 aliphatic heterocycles. The Bertz CT molecular complexity index is 1010. The van der Waals surface area contributed by atoms with Crippen molar-refractivity contribution in [2.75, 3.05) is 0 Å². The molecule has 0 amide bonds. The van der Waals surface area contributed by atoms with Gasteiger partial charge in [0.25, 0.3) is 0 Å². The molecule has 23 heavy (non-hydrogen) atoms. The summed E-state index contributed by atoms with van der Waals surface area (Å²) in [6, 6.07) is 9.58. The number of ketones is 2. The molecule has 1 aromatic heterocycles. The molecule has 1 aliphatic carbocycles. The van der Waals surface area contributed by atoms with Crippen LogP contribution in [0.3, 0.4) is 0 Å². The maximum atomic E-state index is 12.7. The Morgan fingerprint density at radius 1 is 0.957 bits per heavy atom. The van der Waals surface area contributed by atoms with E-state index in [0.717, 1.165) is 16.3 Å². The summed E-state index contributed by atoms with van der Waals surface area (Å²) in [4.78, 5) is 25.3. The molecule has 114 valence electrons. The molecular formula is C19H15NO3. The van der Waals surface area contributed by atoms with Gasteiger partial charge in [0.2, 0.25) is 11.6 Å². The van der Waals surface area contributed by atoms with Crippen molar-refractivity contribution in [2.24, 2.45) is 5.73 Å². The Labute approximate surface area is 132 Å². The van der Waals surface area contributed by atoms with E-state index >= 15 is 0 Å². The third kappa shape index (κ3) is 1.69. The minimum atomic E-state index is -0.512. The molecule has 0 saturated heterocycles. The summed E-state index contributed by atoms with van der Waals surface area (Å²) in [5, 5.41) is 1.76. The molecule has 2 N–H and O–H groups in total. The van der Waals surface area contributed by atoms with Crippen LogP contribution in [0.1, 0.15) is 37.6 Å². The highest BCUT2D eigenvalue weighted by atomic mass is 16.3. The van der Waals surface area contributed by atoms with Gasteiger partial charge in [0.05, 0.1) is 12.1 Å². The van der Waals surface area contributed by atoms with Crippen LogP contribution in [-0.4, -0.2) is 11.6 Å². The van der Waals surface area contributed by atoms with E-state index in [-0.39, 0.29) is 6.54 Å². The summed E-state index contributed by atoms with van der Waals surface area (Å²) in [5.41, 5.74) is 8.87. The van der Waals surface area contributed by atoms with Gasteiger partial charge in [-0.05, 0) is 36.2 Å². The lowest BCUT2D eigenvalue weighted by Gasteiger charge is -2.16. The molecule has 4 nitrogen and oxygen atoms in total. The highest BCUT2D eigenvalue weighted by molar-refractivity contribution is 6.54. The van der Waals surface area contributed by atoms with E-state index in [1.54, 1.807) is 6.92 Å². The number of furan rings is 1. The predicted octanol–water partition coefficient (Wildman–Crippen LogP) is 3.55. The average molecular weight is 305 g/mol. The van der Waals surface area contributed by atoms with Crippen molar-refractivity contribution in [3.05, 3.63) is 58.3 Å². The minimum absolute atomic E-state index is 0.197. The lowest BCUT2D eigenvalue weighted by atomic mass is 9.83. The van der Waals surface area contributed by atoms with Gasteiger partial charge < -0.3 is 10.2 Å². The molecule has 0 radical (unpaired) electrons. The van der Waals surface area contributed by atoms with Crippen LogP contribution in [-0.2, 0) is 6.54 Å². The van der Waals surface area contributed by atoms with Crippen molar-refractivity contribution >= 4 is 22.3 Å². The van der Waals surface area contributed by atoms with Crippen LogP contribution in [0, 0.1) is 13.8 Å². The van der Waals surface area contributed by atoms with Crippen LogP contribution in [0.5, 0.6) is 0 Å². The number of hydrogen-bond donors (Lipinski definition) is 1. The number of aryl methyl sites for hydroxylation is 1. The Morgan fingerprint density at radius 2 is 1.70 bits per heavy atom. The van der Waals surface area contributed by atoms with E-state index in [9.17, 15) is 9.59 Å². The maximum absolute atomic E-state index is 12.7. The van der Waals surface area contributed by atoms with Gasteiger partial charge in [0.1, 0.15) is 11.5 Å². The smallest absolute Gasteiger partial charge is 0.237 e. The Kier molecular flexibility index (Phi) is 2.80. The van der Waals surface area contributed by atoms with Crippen LogP contribution in [0.2, 0.25) is 0 Å². The molecule has 0 saturated carbocycles. The van der Waals surface area contributed by atoms with E-state index in [2.05, 4.69) is 0 Å². The normalized spacial score (nSPS) is 13.3. The highest BCUT2D eigenvalue weighted by Crippen LogP contribution is 2.41. The van der Waals surface area contributed by atoms with Gasteiger partial charge in [-0.1, -0.05) is 24.3 Å². The Morgan fingerprint density at radius 3 is 2.43 bits per heavy atom. The molecule has 4 rings (SSSR count). The molecule has 0 spiro atoms. The first kappa shape index (κ1) is 13.9. The van der Waals surface area contributed by atoms with Crippen molar-refractivity contribution < 1.29 is 14.0 Å². The lowest BCUT2D eigenvalue weighted by molar-refractivity contribution is 0.0815. The molecule has 1 heterocycles. The van der Waals surface area contributed by atoms with Gasteiger partial charge in [0.15, 0.2) is 0 Å². The van der Waals surface area contributed by atoms with Gasteiger partial charge in [-0.3, -0.25) is 9.59 Å². The molecule has 0 unspecified atom stereocenters. The fraction of sp³-hybridized carbons (Fsp3) is 0.158. The summed E-state index contributed by atoms with van der Waals surface area (Å²) in [6.07, 6.45) is 0. The molecule has 0 fully saturated rings. The second kappa shape index (κ2) is 4.64. The summed E-state index contributed by atoms with van der Waals surface area (Å²) in [7, 11) is 0. The van der Waals surface area contributed by atoms with E-state index < -0.39 is 11.6 Å². The summed E-state index contributed by atoms with van der Waals surface area (Å²) >= 11 is 0. The van der Waals surface area contributed by atoms with Crippen molar-refractivity contribution in [3.8, 4) is 11.3 Å². The first-order chi connectivity index (χ1) is 11.0. The Balaban J connectivity index is 2.16. The fourth-order valence-electron chi connectivity index (χ4n) is 3.39. The number of nitrogens with two attached hydrogens (primary N) is 1. The number of fused-ring (bicyclic) bond motifs is 5. The van der Waals surface area contributed by atoms with E-state index in [1.807, 2.05) is 37.3 Å². The second-order valence-corrected chi connectivity index (χ2v) is 5.87. The number of Topliss-reactive ketones (excluding diaryl/α,β-unsaturated/α-hetero) is 2. The molecule has 1 aliphatic rings. The molecule has 3 aromatic rings. The fourth-order valence-corrected chi connectivity index (χ4v) is 3.39. The number of carbonyl (C=O) groups is 2. The Hall–Kier alpha value is -2.72. The summed E-state index contributed by atoms with van der Waals surface area (Å²) < 4.78 is 5.81. The zero-order valence-corrected chi connectivity index (χ0v) is 12.9. The third-order valence-corrected chi connectivity index (χ3v) is 4.62. The number of rotatable bonds is 1. The van der Waals surface area contributed by atoms with Gasteiger partial charge in [-0.2, -0.15) is 0 Å². The van der Waals surface area contributed by atoms with Crippen LogP contribution >= 0.6 is 0 Å².